The number of para-hydroxylation sites is 1. The predicted octanol–water partition coefficient (Wildman–Crippen LogP) is 1.89. The second-order valence-corrected chi connectivity index (χ2v) is 6.71. The fraction of sp³-hybridized carbons (Fsp3) is 0.333. The topological polar surface area (TPSA) is 98.9 Å². The van der Waals surface area contributed by atoms with Crippen LogP contribution in [0.15, 0.2) is 39.9 Å². The average molecular weight is 390 g/mol. The van der Waals surface area contributed by atoms with Gasteiger partial charge in [-0.2, -0.15) is 0 Å². The van der Waals surface area contributed by atoms with Crippen molar-refractivity contribution in [2.75, 3.05) is 26.0 Å². The van der Waals surface area contributed by atoms with Crippen molar-refractivity contribution in [3.63, 3.8) is 0 Å². The zero-order valence-corrected chi connectivity index (χ0v) is 15.5. The summed E-state index contributed by atoms with van der Waals surface area (Å²) in [6.45, 7) is 0.517. The molecule has 2 aromatic rings. The maximum absolute atomic E-state index is 12.0. The molecule has 1 fully saturated rings. The summed E-state index contributed by atoms with van der Waals surface area (Å²) in [5.41, 5.74) is 1.15. The van der Waals surface area contributed by atoms with Crippen molar-refractivity contribution in [1.82, 2.24) is 10.1 Å². The highest BCUT2D eigenvalue weighted by molar-refractivity contribution is 8.04. The lowest BCUT2D eigenvalue weighted by Crippen LogP contribution is -2.27. The number of carbonyl (C=O) groups is 3. The van der Waals surface area contributed by atoms with E-state index in [1.165, 1.54) is 29.8 Å². The highest BCUT2D eigenvalue weighted by atomic mass is 32.2. The maximum Gasteiger partial charge on any atom is 0.333 e. The predicted molar refractivity (Wildman–Crippen MR) is 97.6 cm³/mol. The summed E-state index contributed by atoms with van der Waals surface area (Å²) < 4.78 is 15.0. The molecule has 0 radical (unpaired) electrons. The van der Waals surface area contributed by atoms with Gasteiger partial charge in [-0.1, -0.05) is 29.1 Å². The largest absolute Gasteiger partial charge is 0.466 e. The lowest BCUT2D eigenvalue weighted by molar-refractivity contribution is -0.143. The molecule has 3 rings (SSSR count). The average Bonchev–Trinajstić information content (AvgIpc) is 3.23. The van der Waals surface area contributed by atoms with Gasteiger partial charge in [0.1, 0.15) is 5.69 Å². The minimum atomic E-state index is -0.511. The molecule has 0 spiro atoms. The summed E-state index contributed by atoms with van der Waals surface area (Å²) in [7, 11) is 1.28. The molecule has 9 heteroatoms. The van der Waals surface area contributed by atoms with Crippen LogP contribution in [0.4, 0.5) is 0 Å². The Morgan fingerprint density at radius 3 is 3.00 bits per heavy atom. The standard InChI is InChI=1S/C18H18N2O6S/c1-24-17(22)10-16-20(15(21)11-27-16)7-4-8-25-18(23)9-13-12-5-2-3-6-14(12)26-19-13/h2-3,5-6,10H,4,7-9,11H2,1H3/b16-10+. The molecule has 0 unspecified atom stereocenters. The molecule has 1 saturated heterocycles. The number of nitrogens with zero attached hydrogens (tertiary/aromatic N) is 2. The van der Waals surface area contributed by atoms with Gasteiger partial charge in [0.25, 0.3) is 0 Å². The number of hydrogen-bond donors (Lipinski definition) is 0. The van der Waals surface area contributed by atoms with Crippen molar-refractivity contribution in [1.29, 1.82) is 0 Å². The number of carbonyl (C=O) groups excluding carboxylic acids is 3. The van der Waals surface area contributed by atoms with E-state index in [4.69, 9.17) is 9.26 Å². The number of amides is 1. The van der Waals surface area contributed by atoms with Gasteiger partial charge in [-0.25, -0.2) is 4.79 Å². The van der Waals surface area contributed by atoms with Gasteiger partial charge in [0.15, 0.2) is 5.58 Å². The maximum atomic E-state index is 12.0. The number of thioether (sulfide) groups is 1. The molecule has 27 heavy (non-hydrogen) atoms. The molecule has 1 aromatic carbocycles. The number of aromatic nitrogens is 1. The Kier molecular flexibility index (Phi) is 6.12. The van der Waals surface area contributed by atoms with E-state index in [9.17, 15) is 14.4 Å². The molecule has 1 aliphatic rings. The molecule has 1 aliphatic heterocycles. The number of hydrogen-bond acceptors (Lipinski definition) is 8. The van der Waals surface area contributed by atoms with Crippen molar-refractivity contribution in [3.8, 4) is 0 Å². The van der Waals surface area contributed by atoms with Gasteiger partial charge in [-0.3, -0.25) is 9.59 Å². The van der Waals surface area contributed by atoms with Crippen LogP contribution < -0.4 is 0 Å². The molecule has 0 saturated carbocycles. The quantitative estimate of drug-likeness (QED) is 0.402. The van der Waals surface area contributed by atoms with E-state index < -0.39 is 11.9 Å². The number of fused-ring (bicyclic) bond motifs is 1. The van der Waals surface area contributed by atoms with E-state index in [1.807, 2.05) is 18.2 Å². The van der Waals surface area contributed by atoms with Gasteiger partial charge in [0, 0.05) is 11.9 Å². The Hall–Kier alpha value is -2.81. The van der Waals surface area contributed by atoms with Crippen LogP contribution >= 0.6 is 11.8 Å². The van der Waals surface area contributed by atoms with E-state index in [2.05, 4.69) is 9.89 Å². The monoisotopic (exact) mass is 390 g/mol. The van der Waals surface area contributed by atoms with Gasteiger partial charge in [-0.05, 0) is 18.6 Å². The number of ether oxygens (including phenoxy) is 2. The number of methoxy groups -OCH3 is 1. The molecule has 0 atom stereocenters. The molecular weight excluding hydrogens is 372 g/mol. The molecule has 0 bridgehead atoms. The van der Waals surface area contributed by atoms with Crippen molar-refractivity contribution in [2.24, 2.45) is 0 Å². The van der Waals surface area contributed by atoms with Gasteiger partial charge in [0.05, 0.1) is 37.0 Å². The van der Waals surface area contributed by atoms with Crippen LogP contribution in [0.3, 0.4) is 0 Å². The summed E-state index contributed by atoms with van der Waals surface area (Å²) in [4.78, 5) is 36.8. The van der Waals surface area contributed by atoms with E-state index in [0.29, 0.717) is 29.3 Å². The highest BCUT2D eigenvalue weighted by Gasteiger charge is 2.27. The third-order valence-corrected chi connectivity index (χ3v) is 4.93. The molecule has 1 amide bonds. The molecule has 8 nitrogen and oxygen atoms in total. The molecule has 1 aromatic heterocycles. The van der Waals surface area contributed by atoms with Crippen molar-refractivity contribution in [3.05, 3.63) is 41.1 Å². The first kappa shape index (κ1) is 19.0. The normalized spacial score (nSPS) is 15.5. The van der Waals surface area contributed by atoms with Gasteiger partial charge < -0.3 is 18.9 Å². The number of rotatable bonds is 7. The Bertz CT molecular complexity index is 891. The van der Waals surface area contributed by atoms with E-state index in [1.54, 1.807) is 6.07 Å². The summed E-state index contributed by atoms with van der Waals surface area (Å²) in [5.74, 6) is -0.734. The lowest BCUT2D eigenvalue weighted by atomic mass is 10.2. The number of benzene rings is 1. The van der Waals surface area contributed by atoms with E-state index >= 15 is 0 Å². The van der Waals surface area contributed by atoms with Crippen LogP contribution in [-0.2, 0) is 30.3 Å². The zero-order valence-electron chi connectivity index (χ0n) is 14.7. The summed E-state index contributed by atoms with van der Waals surface area (Å²) in [5, 5.41) is 5.23. The third-order valence-electron chi connectivity index (χ3n) is 3.91. The van der Waals surface area contributed by atoms with Crippen LogP contribution in [0.1, 0.15) is 12.1 Å². The zero-order chi connectivity index (χ0) is 19.2. The Morgan fingerprint density at radius 2 is 2.19 bits per heavy atom. The van der Waals surface area contributed by atoms with Crippen molar-refractivity contribution < 1.29 is 28.4 Å². The van der Waals surface area contributed by atoms with E-state index in [0.717, 1.165) is 5.39 Å². The minimum Gasteiger partial charge on any atom is -0.466 e. The van der Waals surface area contributed by atoms with Gasteiger partial charge in [-0.15, -0.1) is 0 Å². The van der Waals surface area contributed by atoms with Crippen LogP contribution in [0, 0.1) is 0 Å². The first-order valence-electron chi connectivity index (χ1n) is 8.30. The first-order chi connectivity index (χ1) is 13.1. The van der Waals surface area contributed by atoms with E-state index in [-0.39, 0.29) is 24.7 Å². The van der Waals surface area contributed by atoms with Gasteiger partial charge >= 0.3 is 11.9 Å². The first-order valence-corrected chi connectivity index (χ1v) is 9.29. The highest BCUT2D eigenvalue weighted by Crippen LogP contribution is 2.28. The van der Waals surface area contributed by atoms with Crippen LogP contribution in [-0.4, -0.2) is 53.9 Å². The van der Waals surface area contributed by atoms with Crippen LogP contribution in [0.5, 0.6) is 0 Å². The fourth-order valence-electron chi connectivity index (χ4n) is 2.59. The second-order valence-electron chi connectivity index (χ2n) is 5.72. The minimum absolute atomic E-state index is 0.0169. The molecule has 142 valence electrons. The summed E-state index contributed by atoms with van der Waals surface area (Å²) >= 11 is 1.28. The Morgan fingerprint density at radius 1 is 1.37 bits per heavy atom. The molecule has 0 aliphatic carbocycles. The summed E-state index contributed by atoms with van der Waals surface area (Å²) in [6.07, 6.45) is 1.76. The Balaban J connectivity index is 1.46. The van der Waals surface area contributed by atoms with Gasteiger partial charge in [0.2, 0.25) is 5.91 Å². The fourth-order valence-corrected chi connectivity index (χ4v) is 3.55. The summed E-state index contributed by atoms with van der Waals surface area (Å²) in [6, 6.07) is 7.29. The van der Waals surface area contributed by atoms with Crippen LogP contribution in [0.25, 0.3) is 11.0 Å². The van der Waals surface area contributed by atoms with Crippen molar-refractivity contribution >= 4 is 40.6 Å². The lowest BCUT2D eigenvalue weighted by Gasteiger charge is -2.16. The SMILES string of the molecule is COC(=O)/C=C1/SCC(=O)N1CCCOC(=O)Cc1noc2ccccc12. The molecular formula is C18H18N2O6S. The second kappa shape index (κ2) is 8.72. The Labute approximate surface area is 159 Å². The smallest absolute Gasteiger partial charge is 0.333 e. The molecule has 0 N–H and O–H groups in total. The van der Waals surface area contributed by atoms with Crippen LogP contribution in [0.2, 0.25) is 0 Å². The third kappa shape index (κ3) is 4.68. The number of esters is 2. The molecule has 2 heterocycles. The van der Waals surface area contributed by atoms with Crippen molar-refractivity contribution in [2.45, 2.75) is 12.8 Å².